The molecule has 154 valence electrons. The summed E-state index contributed by atoms with van der Waals surface area (Å²) in [6.45, 7) is 6.83. The Balaban J connectivity index is 1.42. The molecule has 0 spiro atoms. The van der Waals surface area contributed by atoms with Gasteiger partial charge in [-0.1, -0.05) is 0 Å². The van der Waals surface area contributed by atoms with E-state index in [4.69, 9.17) is 23.7 Å². The minimum absolute atomic E-state index is 0.225. The van der Waals surface area contributed by atoms with Crippen LogP contribution in [0.5, 0.6) is 0 Å². The predicted octanol–water partition coefficient (Wildman–Crippen LogP) is 0.594. The summed E-state index contributed by atoms with van der Waals surface area (Å²) in [5.74, 6) is -2.64. The maximum Gasteiger partial charge on any atom is 0.252 e. The Bertz CT molecular complexity index is 754. The second kappa shape index (κ2) is 7.01. The highest BCUT2D eigenvalue weighted by Crippen LogP contribution is 2.44. The van der Waals surface area contributed by atoms with Crippen LogP contribution in [0.15, 0.2) is 11.6 Å². The number of carbonyl (C=O) groups is 2. The van der Waals surface area contributed by atoms with E-state index >= 15 is 0 Å². The fourth-order valence-corrected chi connectivity index (χ4v) is 4.09. The molecule has 0 bridgehead atoms. The van der Waals surface area contributed by atoms with Gasteiger partial charge in [0.25, 0.3) is 5.91 Å². The van der Waals surface area contributed by atoms with Crippen LogP contribution in [0.1, 0.15) is 27.7 Å². The zero-order chi connectivity index (χ0) is 20.1. The van der Waals surface area contributed by atoms with Gasteiger partial charge in [-0.3, -0.25) is 9.59 Å². The van der Waals surface area contributed by atoms with E-state index in [1.807, 2.05) is 0 Å². The van der Waals surface area contributed by atoms with Crippen molar-refractivity contribution in [2.45, 2.75) is 70.0 Å². The molecule has 2 N–H and O–H groups in total. The number of nitrogens with zero attached hydrogens (tertiary/aromatic N) is 1. The van der Waals surface area contributed by atoms with Gasteiger partial charge < -0.3 is 34.3 Å². The van der Waals surface area contributed by atoms with Crippen LogP contribution in [0.25, 0.3) is 0 Å². The molecule has 1 aromatic rings. The average Bonchev–Trinajstić information content (AvgIpc) is 3.27. The number of amides is 2. The Morgan fingerprint density at radius 3 is 2.46 bits per heavy atom. The normalized spacial score (nSPS) is 35.1. The number of thiazole rings is 1. The number of rotatable bonds is 4. The Labute approximate surface area is 165 Å². The molecule has 5 atom stereocenters. The first-order chi connectivity index (χ1) is 13.1. The van der Waals surface area contributed by atoms with Crippen molar-refractivity contribution < 1.29 is 33.3 Å². The lowest BCUT2D eigenvalue weighted by molar-refractivity contribution is -0.231. The number of ether oxygens (including phenoxy) is 5. The molecule has 11 heteroatoms. The van der Waals surface area contributed by atoms with Crippen molar-refractivity contribution in [1.82, 2.24) is 10.3 Å². The van der Waals surface area contributed by atoms with Crippen LogP contribution in [0, 0.1) is 0 Å². The summed E-state index contributed by atoms with van der Waals surface area (Å²) in [5, 5.41) is 7.38. The molecule has 10 nitrogen and oxygen atoms in total. The van der Waals surface area contributed by atoms with E-state index in [-0.39, 0.29) is 12.5 Å². The average molecular weight is 413 g/mol. The molecule has 0 radical (unpaired) electrons. The lowest BCUT2D eigenvalue weighted by Gasteiger charge is -2.36. The lowest BCUT2D eigenvalue weighted by atomic mass is 9.98. The summed E-state index contributed by atoms with van der Waals surface area (Å²) < 4.78 is 29.4. The third kappa shape index (κ3) is 3.91. The highest BCUT2D eigenvalue weighted by molar-refractivity contribution is 7.13. The number of fused-ring (bicyclic) bond motifs is 3. The molecular weight excluding hydrogens is 390 g/mol. The van der Waals surface area contributed by atoms with E-state index in [9.17, 15) is 9.59 Å². The number of hydrogen-bond acceptors (Lipinski definition) is 9. The largest absolute Gasteiger partial charge is 0.345 e. The van der Waals surface area contributed by atoms with Crippen LogP contribution in [-0.4, -0.2) is 65.6 Å². The second-order valence-corrected chi connectivity index (χ2v) is 8.59. The van der Waals surface area contributed by atoms with E-state index in [2.05, 4.69) is 15.6 Å². The van der Waals surface area contributed by atoms with E-state index in [1.165, 1.54) is 11.3 Å². The Morgan fingerprint density at radius 1 is 1.07 bits per heavy atom. The smallest absolute Gasteiger partial charge is 0.252 e. The molecule has 1 unspecified atom stereocenters. The molecule has 3 aliphatic rings. The van der Waals surface area contributed by atoms with Crippen LogP contribution < -0.4 is 10.6 Å². The molecule has 3 fully saturated rings. The van der Waals surface area contributed by atoms with Gasteiger partial charge in [-0.15, -0.1) is 11.3 Å². The number of carbonyl (C=O) groups excluding carboxylic acids is 2. The number of hydrogen-bond donors (Lipinski definition) is 2. The molecule has 0 aromatic carbocycles. The molecule has 4 rings (SSSR count). The third-order valence-electron chi connectivity index (χ3n) is 4.51. The first kappa shape index (κ1) is 19.7. The Hall–Kier alpha value is -1.63. The van der Waals surface area contributed by atoms with Gasteiger partial charge in [-0.2, -0.15) is 0 Å². The summed E-state index contributed by atoms with van der Waals surface area (Å²) in [4.78, 5) is 28.7. The van der Waals surface area contributed by atoms with Gasteiger partial charge in [0, 0.05) is 11.6 Å². The van der Waals surface area contributed by atoms with Crippen LogP contribution in [0.4, 0.5) is 5.13 Å². The van der Waals surface area contributed by atoms with Gasteiger partial charge in [0.15, 0.2) is 29.1 Å². The van der Waals surface area contributed by atoms with Gasteiger partial charge in [0.2, 0.25) is 5.91 Å². The Kier molecular flexibility index (Phi) is 4.92. The standard InChI is InChI=1S/C17H23N3O7S/c1-16(2)24-9-10(25-16)12-14(27-17(3,4)26-12)23-11(9)13(22)19-7-8(21)20-15-18-5-6-28-15/h5-6,9-12,14H,7H2,1-4H3,(H,19,22)(H,18,20,21)/t9-,10+,11?,12-,14-/m1/s1. The maximum atomic E-state index is 12.7. The number of aromatic nitrogens is 1. The summed E-state index contributed by atoms with van der Waals surface area (Å²) in [5.41, 5.74) is 0. The number of nitrogens with one attached hydrogen (secondary N) is 2. The van der Waals surface area contributed by atoms with Gasteiger partial charge in [0.1, 0.15) is 18.3 Å². The van der Waals surface area contributed by atoms with Crippen LogP contribution >= 0.6 is 11.3 Å². The predicted molar refractivity (Wildman–Crippen MR) is 96.3 cm³/mol. The van der Waals surface area contributed by atoms with E-state index in [0.717, 1.165) is 0 Å². The van der Waals surface area contributed by atoms with E-state index < -0.39 is 48.2 Å². The summed E-state index contributed by atoms with van der Waals surface area (Å²) >= 11 is 1.29. The van der Waals surface area contributed by atoms with Crippen molar-refractivity contribution in [3.05, 3.63) is 11.6 Å². The fourth-order valence-electron chi connectivity index (χ4n) is 3.54. The quantitative estimate of drug-likeness (QED) is 0.737. The van der Waals surface area contributed by atoms with Crippen molar-refractivity contribution in [3.8, 4) is 0 Å². The minimum atomic E-state index is -1.00. The minimum Gasteiger partial charge on any atom is -0.345 e. The monoisotopic (exact) mass is 413 g/mol. The summed E-state index contributed by atoms with van der Waals surface area (Å²) in [6.07, 6.45) is -1.92. The Morgan fingerprint density at radius 2 is 1.75 bits per heavy atom. The van der Waals surface area contributed by atoms with Crippen molar-refractivity contribution in [3.63, 3.8) is 0 Å². The van der Waals surface area contributed by atoms with Crippen molar-refractivity contribution in [1.29, 1.82) is 0 Å². The number of anilines is 1. The lowest BCUT2D eigenvalue weighted by Crippen LogP contribution is -2.59. The first-order valence-electron chi connectivity index (χ1n) is 8.97. The van der Waals surface area contributed by atoms with Crippen molar-refractivity contribution in [2.75, 3.05) is 11.9 Å². The SMILES string of the molecule is CC1(C)O[C@H]2OC(C(=O)NCC(=O)Nc3nccs3)[C@@H]3OC(C)(C)O[C@@H]3[C@H]2O1. The second-order valence-electron chi connectivity index (χ2n) is 7.69. The highest BCUT2D eigenvalue weighted by Gasteiger charge is 2.62. The molecule has 1 aromatic heterocycles. The van der Waals surface area contributed by atoms with E-state index in [0.29, 0.717) is 5.13 Å². The molecule has 0 aliphatic carbocycles. The first-order valence-corrected chi connectivity index (χ1v) is 9.85. The molecule has 3 aliphatic heterocycles. The maximum absolute atomic E-state index is 12.7. The van der Waals surface area contributed by atoms with Crippen LogP contribution in [0.3, 0.4) is 0 Å². The molecule has 2 amide bonds. The third-order valence-corrected chi connectivity index (χ3v) is 5.20. The summed E-state index contributed by atoms with van der Waals surface area (Å²) in [7, 11) is 0. The molecule has 3 saturated heterocycles. The topological polar surface area (TPSA) is 117 Å². The zero-order valence-corrected chi connectivity index (χ0v) is 16.8. The van der Waals surface area contributed by atoms with Gasteiger partial charge in [-0.05, 0) is 27.7 Å². The van der Waals surface area contributed by atoms with Crippen LogP contribution in [0.2, 0.25) is 0 Å². The molecule has 4 heterocycles. The zero-order valence-electron chi connectivity index (χ0n) is 16.0. The van der Waals surface area contributed by atoms with Crippen molar-refractivity contribution in [2.24, 2.45) is 0 Å². The molecular formula is C17H23N3O7S. The fraction of sp³-hybridized carbons (Fsp3) is 0.706. The van der Waals surface area contributed by atoms with Gasteiger partial charge in [0.05, 0.1) is 6.54 Å². The van der Waals surface area contributed by atoms with Gasteiger partial charge in [-0.25, -0.2) is 4.98 Å². The molecule has 0 saturated carbocycles. The van der Waals surface area contributed by atoms with E-state index in [1.54, 1.807) is 39.3 Å². The van der Waals surface area contributed by atoms with Crippen LogP contribution in [-0.2, 0) is 33.3 Å². The molecule has 28 heavy (non-hydrogen) atoms. The van der Waals surface area contributed by atoms with Crippen molar-refractivity contribution >= 4 is 28.3 Å². The summed E-state index contributed by atoms with van der Waals surface area (Å²) in [6, 6.07) is 0. The highest BCUT2D eigenvalue weighted by atomic mass is 32.1. The van der Waals surface area contributed by atoms with Gasteiger partial charge >= 0.3 is 0 Å².